The Morgan fingerprint density at radius 1 is 1.13 bits per heavy atom. The van der Waals surface area contributed by atoms with Crippen LogP contribution in [0.5, 0.6) is 0 Å². The van der Waals surface area contributed by atoms with E-state index < -0.39 is 6.04 Å². The first-order valence-corrected chi connectivity index (χ1v) is 12.3. The summed E-state index contributed by atoms with van der Waals surface area (Å²) in [6, 6.07) is 15.4. The number of carbonyl (C=O) groups is 2. The zero-order valence-corrected chi connectivity index (χ0v) is 20.3. The lowest BCUT2D eigenvalue weighted by molar-refractivity contribution is -0.141. The van der Waals surface area contributed by atoms with Crippen LogP contribution in [0, 0.1) is 6.92 Å². The second-order valence-corrected chi connectivity index (χ2v) is 9.24. The van der Waals surface area contributed by atoms with E-state index >= 15 is 0 Å². The lowest BCUT2D eigenvalue weighted by Crippen LogP contribution is -2.49. The fourth-order valence-corrected chi connectivity index (χ4v) is 4.36. The van der Waals surface area contributed by atoms with E-state index in [1.54, 1.807) is 16.7 Å². The van der Waals surface area contributed by atoms with Crippen molar-refractivity contribution in [2.45, 2.75) is 63.9 Å². The topological polar surface area (TPSA) is 49.4 Å². The highest BCUT2D eigenvalue weighted by Crippen LogP contribution is 2.22. The van der Waals surface area contributed by atoms with Gasteiger partial charge in [-0.15, -0.1) is 11.8 Å². The molecule has 2 rings (SSSR count). The van der Waals surface area contributed by atoms with Crippen LogP contribution in [0.15, 0.2) is 53.4 Å². The molecule has 2 aromatic carbocycles. The van der Waals surface area contributed by atoms with Gasteiger partial charge in [-0.05, 0) is 61.8 Å². The van der Waals surface area contributed by atoms with Crippen molar-refractivity contribution in [2.75, 3.05) is 12.3 Å². The molecule has 0 aliphatic heterocycles. The summed E-state index contributed by atoms with van der Waals surface area (Å²) in [6.07, 6.45) is 2.63. The zero-order chi connectivity index (χ0) is 22.6. The Balaban J connectivity index is 2.03. The lowest BCUT2D eigenvalue weighted by Gasteiger charge is -2.31. The molecule has 0 aliphatic rings. The average Bonchev–Trinajstić information content (AvgIpc) is 2.76. The molecule has 2 amide bonds. The Labute approximate surface area is 195 Å². The van der Waals surface area contributed by atoms with Gasteiger partial charge in [0.25, 0.3) is 0 Å². The summed E-state index contributed by atoms with van der Waals surface area (Å²) < 4.78 is 0. The molecule has 0 radical (unpaired) electrons. The molecule has 4 nitrogen and oxygen atoms in total. The molecule has 1 atom stereocenters. The number of benzene rings is 2. The average molecular weight is 461 g/mol. The Morgan fingerprint density at radius 2 is 1.87 bits per heavy atom. The minimum absolute atomic E-state index is 0.0247. The Kier molecular flexibility index (Phi) is 11.0. The summed E-state index contributed by atoms with van der Waals surface area (Å²) in [6.45, 7) is 7.09. The normalized spacial score (nSPS) is 11.7. The number of aryl methyl sites for hydroxylation is 1. The van der Waals surface area contributed by atoms with E-state index in [4.69, 9.17) is 11.6 Å². The summed E-state index contributed by atoms with van der Waals surface area (Å²) in [5.74, 6) is 0.794. The van der Waals surface area contributed by atoms with E-state index in [1.807, 2.05) is 63.2 Å². The van der Waals surface area contributed by atoms with Crippen LogP contribution in [-0.4, -0.2) is 35.1 Å². The van der Waals surface area contributed by atoms with Crippen LogP contribution >= 0.6 is 23.4 Å². The molecule has 0 unspecified atom stereocenters. The Hall–Kier alpha value is -1.98. The molecule has 0 bridgehead atoms. The first-order valence-electron chi connectivity index (χ1n) is 11.0. The number of amides is 2. The molecule has 0 aliphatic carbocycles. The molecule has 31 heavy (non-hydrogen) atoms. The summed E-state index contributed by atoms with van der Waals surface area (Å²) in [4.78, 5) is 28.8. The van der Waals surface area contributed by atoms with Gasteiger partial charge in [0.05, 0.1) is 0 Å². The van der Waals surface area contributed by atoms with Crippen molar-refractivity contribution in [3.63, 3.8) is 0 Å². The predicted octanol–water partition coefficient (Wildman–Crippen LogP) is 5.85. The Bertz CT molecular complexity index is 842. The summed E-state index contributed by atoms with van der Waals surface area (Å²) >= 11 is 7.65. The van der Waals surface area contributed by atoms with Gasteiger partial charge in [-0.25, -0.2) is 0 Å². The highest BCUT2D eigenvalue weighted by Gasteiger charge is 2.28. The van der Waals surface area contributed by atoms with Crippen LogP contribution in [0.4, 0.5) is 0 Å². The first-order chi connectivity index (χ1) is 14.9. The molecular weight excluding hydrogens is 428 g/mol. The quantitative estimate of drug-likeness (QED) is 0.319. The second kappa shape index (κ2) is 13.4. The minimum Gasteiger partial charge on any atom is -0.354 e. The molecule has 0 saturated carbocycles. The van der Waals surface area contributed by atoms with Crippen LogP contribution in [0.3, 0.4) is 0 Å². The third kappa shape index (κ3) is 8.58. The van der Waals surface area contributed by atoms with E-state index in [2.05, 4.69) is 11.4 Å². The van der Waals surface area contributed by atoms with Crippen molar-refractivity contribution in [3.8, 4) is 0 Å². The smallest absolute Gasteiger partial charge is 0.242 e. The number of nitrogens with zero attached hydrogens (tertiary/aromatic N) is 1. The Morgan fingerprint density at radius 3 is 2.52 bits per heavy atom. The number of hydrogen-bond acceptors (Lipinski definition) is 3. The number of nitrogens with one attached hydrogen (secondary N) is 1. The fourth-order valence-electron chi connectivity index (χ4n) is 3.38. The van der Waals surface area contributed by atoms with Gasteiger partial charge in [0.1, 0.15) is 6.04 Å². The van der Waals surface area contributed by atoms with Gasteiger partial charge >= 0.3 is 0 Å². The monoisotopic (exact) mass is 460 g/mol. The third-order valence-electron chi connectivity index (χ3n) is 4.99. The predicted molar refractivity (Wildman–Crippen MR) is 131 cm³/mol. The van der Waals surface area contributed by atoms with Gasteiger partial charge in [-0.3, -0.25) is 9.59 Å². The van der Waals surface area contributed by atoms with E-state index in [1.165, 1.54) is 0 Å². The zero-order valence-electron chi connectivity index (χ0n) is 18.7. The van der Waals surface area contributed by atoms with E-state index in [9.17, 15) is 9.59 Å². The van der Waals surface area contributed by atoms with E-state index in [0.29, 0.717) is 25.9 Å². The van der Waals surface area contributed by atoms with Crippen molar-refractivity contribution < 1.29 is 9.59 Å². The number of carbonyl (C=O) groups excluding carboxylic acids is 2. The standard InChI is InChI=1S/C25H33ClN2O2S/c1-4-15-27-25(30)23(5-2)28(18-20-9-6-8-19(3)17-20)24(29)10-7-16-31-22-13-11-21(26)12-14-22/h6,8-9,11-14,17,23H,4-5,7,10,15-16,18H2,1-3H3,(H,27,30)/t23-/m0/s1. The van der Waals surface area contributed by atoms with Gasteiger partial charge in [0.2, 0.25) is 11.8 Å². The molecule has 0 fully saturated rings. The molecule has 2 aromatic rings. The van der Waals surface area contributed by atoms with Gasteiger partial charge in [0, 0.05) is 29.4 Å². The van der Waals surface area contributed by atoms with Gasteiger partial charge < -0.3 is 10.2 Å². The SMILES string of the molecule is CCCNC(=O)[C@H](CC)N(Cc1cccc(C)c1)C(=O)CCCSc1ccc(Cl)cc1. The van der Waals surface area contributed by atoms with Crippen molar-refractivity contribution in [2.24, 2.45) is 0 Å². The van der Waals surface area contributed by atoms with E-state index in [0.717, 1.165) is 39.6 Å². The molecule has 1 N–H and O–H groups in total. The molecule has 0 spiro atoms. The van der Waals surface area contributed by atoms with Crippen LogP contribution in [0.1, 0.15) is 50.7 Å². The number of hydrogen-bond donors (Lipinski definition) is 1. The number of halogens is 1. The molecular formula is C25H33ClN2O2S. The molecule has 6 heteroatoms. The third-order valence-corrected chi connectivity index (χ3v) is 6.34. The second-order valence-electron chi connectivity index (χ2n) is 7.63. The van der Waals surface area contributed by atoms with Crippen LogP contribution in [0.25, 0.3) is 0 Å². The van der Waals surface area contributed by atoms with Crippen LogP contribution in [-0.2, 0) is 16.1 Å². The maximum absolute atomic E-state index is 13.2. The molecule has 168 valence electrons. The van der Waals surface area contributed by atoms with Gasteiger partial charge in [-0.1, -0.05) is 55.3 Å². The minimum atomic E-state index is -0.455. The highest BCUT2D eigenvalue weighted by atomic mass is 35.5. The molecule has 0 heterocycles. The highest BCUT2D eigenvalue weighted by molar-refractivity contribution is 7.99. The summed E-state index contributed by atoms with van der Waals surface area (Å²) in [5.41, 5.74) is 2.19. The molecule has 0 saturated heterocycles. The summed E-state index contributed by atoms with van der Waals surface area (Å²) in [7, 11) is 0. The largest absolute Gasteiger partial charge is 0.354 e. The summed E-state index contributed by atoms with van der Waals surface area (Å²) in [5, 5.41) is 3.68. The number of thioether (sulfide) groups is 1. The maximum atomic E-state index is 13.2. The van der Waals surface area contributed by atoms with Crippen LogP contribution < -0.4 is 5.32 Å². The number of rotatable bonds is 12. The maximum Gasteiger partial charge on any atom is 0.242 e. The van der Waals surface area contributed by atoms with Crippen molar-refractivity contribution in [1.29, 1.82) is 0 Å². The fraction of sp³-hybridized carbons (Fsp3) is 0.440. The van der Waals surface area contributed by atoms with Gasteiger partial charge in [-0.2, -0.15) is 0 Å². The van der Waals surface area contributed by atoms with Crippen LogP contribution in [0.2, 0.25) is 5.02 Å². The van der Waals surface area contributed by atoms with E-state index in [-0.39, 0.29) is 11.8 Å². The molecule has 0 aromatic heterocycles. The first kappa shape index (κ1) is 25.3. The van der Waals surface area contributed by atoms with Crippen molar-refractivity contribution in [3.05, 3.63) is 64.7 Å². The lowest BCUT2D eigenvalue weighted by atomic mass is 10.1. The van der Waals surface area contributed by atoms with Gasteiger partial charge in [0.15, 0.2) is 0 Å². The van der Waals surface area contributed by atoms with Crippen molar-refractivity contribution in [1.82, 2.24) is 10.2 Å². The van der Waals surface area contributed by atoms with Crippen molar-refractivity contribution >= 4 is 35.2 Å².